The second-order valence-electron chi connectivity index (χ2n) is 5.06. The molecule has 0 aliphatic rings. The maximum atomic E-state index is 11.8. The lowest BCUT2D eigenvalue weighted by molar-refractivity contribution is -0.144. The second kappa shape index (κ2) is 9.58. The normalized spacial score (nSPS) is 10.3. The molecule has 0 unspecified atom stereocenters. The summed E-state index contributed by atoms with van der Waals surface area (Å²) in [5, 5.41) is 4.48. The summed E-state index contributed by atoms with van der Waals surface area (Å²) >= 11 is 0. The van der Waals surface area contributed by atoms with Crippen molar-refractivity contribution in [3.63, 3.8) is 0 Å². The summed E-state index contributed by atoms with van der Waals surface area (Å²) in [4.78, 5) is 36.3. The summed E-state index contributed by atoms with van der Waals surface area (Å²) in [6.07, 6.45) is 0. The van der Waals surface area contributed by atoms with Crippen LogP contribution in [0.2, 0.25) is 0 Å². The highest BCUT2D eigenvalue weighted by molar-refractivity contribution is 5.95. The highest BCUT2D eigenvalue weighted by atomic mass is 16.5. The van der Waals surface area contributed by atoms with Crippen LogP contribution in [0.25, 0.3) is 0 Å². The van der Waals surface area contributed by atoms with Crippen LogP contribution in [-0.4, -0.2) is 49.6 Å². The Labute approximate surface area is 136 Å². The predicted octanol–water partition coefficient (Wildman–Crippen LogP) is 0.816. The number of carbonyl (C=O) groups excluding carboxylic acids is 3. The first-order valence-corrected chi connectivity index (χ1v) is 7.39. The molecular weight excluding hydrogens is 298 g/mol. The fourth-order valence-electron chi connectivity index (χ4n) is 1.94. The van der Waals surface area contributed by atoms with Crippen molar-refractivity contribution >= 4 is 17.9 Å². The number of imide groups is 1. The Bertz CT molecular complexity index is 543. The Balaban J connectivity index is 2.71. The summed E-state index contributed by atoms with van der Waals surface area (Å²) in [5.41, 5.74) is 2.09. The molecule has 0 atom stereocenters. The van der Waals surface area contributed by atoms with Crippen molar-refractivity contribution in [3.05, 3.63) is 35.4 Å². The van der Waals surface area contributed by atoms with Crippen molar-refractivity contribution < 1.29 is 19.1 Å². The van der Waals surface area contributed by atoms with Crippen molar-refractivity contribution in [1.29, 1.82) is 0 Å². The van der Waals surface area contributed by atoms with E-state index < -0.39 is 17.9 Å². The number of esters is 1. The van der Waals surface area contributed by atoms with Crippen molar-refractivity contribution in [2.45, 2.75) is 20.4 Å². The number of nitrogens with zero attached hydrogens (tertiary/aromatic N) is 1. The lowest BCUT2D eigenvalue weighted by atomic mass is 10.1. The molecule has 126 valence electrons. The SMILES string of the molecule is CCOC(=O)CN(CC(=O)NC(=O)NC)Cc1ccc(C)cc1. The smallest absolute Gasteiger partial charge is 0.321 e. The lowest BCUT2D eigenvalue weighted by Gasteiger charge is -2.20. The summed E-state index contributed by atoms with van der Waals surface area (Å²) < 4.78 is 4.92. The van der Waals surface area contributed by atoms with E-state index in [0.29, 0.717) is 6.54 Å². The van der Waals surface area contributed by atoms with Crippen molar-refractivity contribution in [1.82, 2.24) is 15.5 Å². The van der Waals surface area contributed by atoms with Gasteiger partial charge >= 0.3 is 12.0 Å². The zero-order valence-electron chi connectivity index (χ0n) is 13.7. The van der Waals surface area contributed by atoms with Gasteiger partial charge in [0, 0.05) is 13.6 Å². The van der Waals surface area contributed by atoms with Gasteiger partial charge in [-0.15, -0.1) is 0 Å². The highest BCUT2D eigenvalue weighted by Crippen LogP contribution is 2.07. The molecule has 0 radical (unpaired) electrons. The third-order valence-electron chi connectivity index (χ3n) is 3.03. The number of urea groups is 1. The molecule has 0 aliphatic heterocycles. The minimum atomic E-state index is -0.582. The average molecular weight is 321 g/mol. The first-order valence-electron chi connectivity index (χ1n) is 7.39. The average Bonchev–Trinajstić information content (AvgIpc) is 2.49. The van der Waals surface area contributed by atoms with Gasteiger partial charge in [-0.25, -0.2) is 4.79 Å². The third-order valence-corrected chi connectivity index (χ3v) is 3.03. The first kappa shape index (κ1) is 18.6. The first-order chi connectivity index (χ1) is 10.9. The van der Waals surface area contributed by atoms with Crippen LogP contribution in [0.15, 0.2) is 24.3 Å². The van der Waals surface area contributed by atoms with E-state index in [2.05, 4.69) is 10.6 Å². The number of hydrogen-bond donors (Lipinski definition) is 2. The third kappa shape index (κ3) is 7.42. The quantitative estimate of drug-likeness (QED) is 0.726. The lowest BCUT2D eigenvalue weighted by Crippen LogP contribution is -2.44. The van der Waals surface area contributed by atoms with E-state index in [1.807, 2.05) is 31.2 Å². The molecule has 3 amide bonds. The van der Waals surface area contributed by atoms with Gasteiger partial charge in [-0.2, -0.15) is 0 Å². The van der Waals surface area contributed by atoms with E-state index in [4.69, 9.17) is 4.74 Å². The van der Waals surface area contributed by atoms with E-state index in [1.165, 1.54) is 7.05 Å². The van der Waals surface area contributed by atoms with E-state index >= 15 is 0 Å². The summed E-state index contributed by atoms with van der Waals surface area (Å²) in [6, 6.07) is 7.21. The van der Waals surface area contributed by atoms with Gasteiger partial charge in [-0.1, -0.05) is 29.8 Å². The molecule has 0 spiro atoms. The second-order valence-corrected chi connectivity index (χ2v) is 5.06. The molecule has 23 heavy (non-hydrogen) atoms. The van der Waals surface area contributed by atoms with E-state index in [0.717, 1.165) is 11.1 Å². The van der Waals surface area contributed by atoms with Crippen LogP contribution in [0, 0.1) is 6.92 Å². The van der Waals surface area contributed by atoms with Crippen LogP contribution < -0.4 is 10.6 Å². The minimum Gasteiger partial charge on any atom is -0.465 e. The van der Waals surface area contributed by atoms with Gasteiger partial charge in [0.1, 0.15) is 0 Å². The fraction of sp³-hybridized carbons (Fsp3) is 0.438. The van der Waals surface area contributed by atoms with Gasteiger partial charge in [-0.05, 0) is 19.4 Å². The Kier molecular flexibility index (Phi) is 7.76. The maximum Gasteiger partial charge on any atom is 0.321 e. The van der Waals surface area contributed by atoms with Crippen molar-refractivity contribution in [2.75, 3.05) is 26.7 Å². The highest BCUT2D eigenvalue weighted by Gasteiger charge is 2.17. The van der Waals surface area contributed by atoms with Gasteiger partial charge in [0.15, 0.2) is 0 Å². The number of nitrogens with one attached hydrogen (secondary N) is 2. The molecule has 0 saturated heterocycles. The number of benzene rings is 1. The van der Waals surface area contributed by atoms with Gasteiger partial charge in [0.25, 0.3) is 0 Å². The zero-order valence-corrected chi connectivity index (χ0v) is 13.7. The maximum absolute atomic E-state index is 11.8. The van der Waals surface area contributed by atoms with Gasteiger partial charge in [0.05, 0.1) is 19.7 Å². The standard InChI is InChI=1S/C16H23N3O4/c1-4-23-15(21)11-19(10-14(20)18-16(22)17-3)9-13-7-5-12(2)6-8-13/h5-8H,4,9-11H2,1-3H3,(H2,17,18,20,22). The molecule has 0 aromatic heterocycles. The predicted molar refractivity (Wildman–Crippen MR) is 85.7 cm³/mol. The summed E-state index contributed by atoms with van der Waals surface area (Å²) in [6.45, 7) is 4.28. The monoisotopic (exact) mass is 321 g/mol. The Morgan fingerprint density at radius 3 is 2.35 bits per heavy atom. The van der Waals surface area contributed by atoms with Gasteiger partial charge < -0.3 is 10.1 Å². The molecule has 1 aromatic rings. The number of amides is 3. The van der Waals surface area contributed by atoms with E-state index in [-0.39, 0.29) is 19.7 Å². The molecule has 7 heteroatoms. The Morgan fingerprint density at radius 1 is 1.13 bits per heavy atom. The minimum absolute atomic E-state index is 0.0249. The van der Waals surface area contributed by atoms with Gasteiger partial charge in [0.2, 0.25) is 5.91 Å². The molecule has 1 aromatic carbocycles. The molecule has 0 aliphatic carbocycles. The van der Waals surface area contributed by atoms with Crippen LogP contribution in [0.4, 0.5) is 4.79 Å². The molecule has 7 nitrogen and oxygen atoms in total. The zero-order chi connectivity index (χ0) is 17.2. The Morgan fingerprint density at radius 2 is 1.78 bits per heavy atom. The summed E-state index contributed by atoms with van der Waals surface area (Å²) in [7, 11) is 1.42. The molecule has 0 heterocycles. The fourth-order valence-corrected chi connectivity index (χ4v) is 1.94. The molecule has 0 fully saturated rings. The van der Waals surface area contributed by atoms with E-state index in [1.54, 1.807) is 11.8 Å². The van der Waals surface area contributed by atoms with Crippen molar-refractivity contribution in [2.24, 2.45) is 0 Å². The number of ether oxygens (including phenoxy) is 1. The molecule has 2 N–H and O–H groups in total. The topological polar surface area (TPSA) is 87.7 Å². The van der Waals surface area contributed by atoms with Crippen LogP contribution in [0.3, 0.4) is 0 Å². The molecule has 1 rings (SSSR count). The number of rotatable bonds is 7. The summed E-state index contributed by atoms with van der Waals surface area (Å²) in [5.74, 6) is -0.895. The van der Waals surface area contributed by atoms with Gasteiger partial charge in [-0.3, -0.25) is 19.8 Å². The van der Waals surface area contributed by atoms with Crippen LogP contribution in [0.5, 0.6) is 0 Å². The Hall–Kier alpha value is -2.41. The number of aryl methyl sites for hydroxylation is 1. The van der Waals surface area contributed by atoms with Crippen LogP contribution in [-0.2, 0) is 20.9 Å². The number of carbonyl (C=O) groups is 3. The van der Waals surface area contributed by atoms with Crippen LogP contribution >= 0.6 is 0 Å². The molecule has 0 saturated carbocycles. The number of hydrogen-bond acceptors (Lipinski definition) is 5. The van der Waals surface area contributed by atoms with Crippen molar-refractivity contribution in [3.8, 4) is 0 Å². The molecule has 0 bridgehead atoms. The molecular formula is C16H23N3O4. The van der Waals surface area contributed by atoms with E-state index in [9.17, 15) is 14.4 Å². The largest absolute Gasteiger partial charge is 0.465 e. The van der Waals surface area contributed by atoms with Crippen LogP contribution in [0.1, 0.15) is 18.1 Å².